The molecule has 0 atom stereocenters. The number of carboxylic acids is 1. The van der Waals surface area contributed by atoms with Crippen LogP contribution in [0.15, 0.2) is 12.3 Å². The van der Waals surface area contributed by atoms with Crippen LogP contribution in [0.2, 0.25) is 0 Å². The van der Waals surface area contributed by atoms with E-state index in [1.165, 1.54) is 36.2 Å². The summed E-state index contributed by atoms with van der Waals surface area (Å²) in [5.41, 5.74) is -0.0341. The lowest BCUT2D eigenvalue weighted by atomic mass is 9.94. The van der Waals surface area contributed by atoms with E-state index in [1.807, 2.05) is 7.05 Å². The van der Waals surface area contributed by atoms with Crippen LogP contribution in [-0.2, 0) is 11.3 Å². The van der Waals surface area contributed by atoms with Crippen molar-refractivity contribution in [3.05, 3.63) is 18.0 Å². The molecule has 104 valence electrons. The van der Waals surface area contributed by atoms with Crippen LogP contribution in [0.4, 0.5) is 0 Å². The van der Waals surface area contributed by atoms with Gasteiger partial charge in [-0.05, 0) is 18.9 Å². The molecule has 1 aliphatic carbocycles. The van der Waals surface area contributed by atoms with Crippen LogP contribution in [0, 0.1) is 0 Å². The van der Waals surface area contributed by atoms with Crippen molar-refractivity contribution in [3.8, 4) is 0 Å². The van der Waals surface area contributed by atoms with Gasteiger partial charge >= 0.3 is 5.97 Å². The van der Waals surface area contributed by atoms with Crippen LogP contribution in [0.5, 0.6) is 0 Å². The van der Waals surface area contributed by atoms with Crippen molar-refractivity contribution in [2.75, 3.05) is 7.05 Å². The Bertz CT molecular complexity index is 463. The molecule has 0 unspecified atom stereocenters. The zero-order valence-electron chi connectivity index (χ0n) is 11.1. The Hall–Kier alpha value is -1.85. The van der Waals surface area contributed by atoms with Gasteiger partial charge in [-0.3, -0.25) is 9.48 Å². The number of hydrogen-bond donors (Lipinski definition) is 1. The lowest BCUT2D eigenvalue weighted by molar-refractivity contribution is -0.133. The summed E-state index contributed by atoms with van der Waals surface area (Å²) in [5.74, 6) is -1.10. The molecule has 2 rings (SSSR count). The largest absolute Gasteiger partial charge is 0.476 e. The van der Waals surface area contributed by atoms with Gasteiger partial charge in [0.1, 0.15) is 6.54 Å². The van der Waals surface area contributed by atoms with Crippen molar-refractivity contribution < 1.29 is 14.7 Å². The maximum Gasteiger partial charge on any atom is 0.356 e. The minimum absolute atomic E-state index is 0.0214. The molecule has 1 aromatic heterocycles. The average Bonchev–Trinajstić information content (AvgIpc) is 2.87. The first kappa shape index (κ1) is 13.6. The Morgan fingerprint density at radius 3 is 2.68 bits per heavy atom. The highest BCUT2D eigenvalue weighted by Gasteiger charge is 2.22. The molecule has 0 aromatic carbocycles. The fourth-order valence-corrected chi connectivity index (χ4v) is 2.49. The van der Waals surface area contributed by atoms with Crippen LogP contribution in [0.3, 0.4) is 0 Å². The van der Waals surface area contributed by atoms with Gasteiger partial charge in [-0.2, -0.15) is 5.10 Å². The van der Waals surface area contributed by atoms with E-state index in [1.54, 1.807) is 4.90 Å². The molecule has 6 heteroatoms. The highest BCUT2D eigenvalue weighted by atomic mass is 16.4. The maximum absolute atomic E-state index is 12.1. The highest BCUT2D eigenvalue weighted by Crippen LogP contribution is 2.21. The molecule has 0 bridgehead atoms. The van der Waals surface area contributed by atoms with Crippen LogP contribution >= 0.6 is 0 Å². The predicted molar refractivity (Wildman–Crippen MR) is 68.8 cm³/mol. The van der Waals surface area contributed by atoms with Crippen molar-refractivity contribution in [2.45, 2.75) is 44.7 Å². The Morgan fingerprint density at radius 1 is 1.42 bits per heavy atom. The predicted octanol–water partition coefficient (Wildman–Crippen LogP) is 1.37. The van der Waals surface area contributed by atoms with Gasteiger partial charge in [0.2, 0.25) is 5.91 Å². The summed E-state index contributed by atoms with van der Waals surface area (Å²) < 4.78 is 1.38. The first-order chi connectivity index (χ1) is 9.08. The molecule has 1 fully saturated rings. The molecule has 0 aliphatic heterocycles. The van der Waals surface area contributed by atoms with E-state index in [0.29, 0.717) is 6.04 Å². The van der Waals surface area contributed by atoms with Gasteiger partial charge in [-0.25, -0.2) is 4.79 Å². The normalized spacial score (nSPS) is 16.3. The minimum atomic E-state index is -1.08. The van der Waals surface area contributed by atoms with E-state index in [4.69, 9.17) is 5.11 Å². The third-order valence-electron chi connectivity index (χ3n) is 3.67. The second-order valence-electron chi connectivity index (χ2n) is 5.00. The molecule has 1 N–H and O–H groups in total. The second-order valence-corrected chi connectivity index (χ2v) is 5.00. The van der Waals surface area contributed by atoms with Crippen molar-refractivity contribution in [1.29, 1.82) is 0 Å². The molecular formula is C13H19N3O3. The van der Waals surface area contributed by atoms with Gasteiger partial charge < -0.3 is 10.0 Å². The number of aromatic carboxylic acids is 1. The van der Waals surface area contributed by atoms with E-state index in [0.717, 1.165) is 12.8 Å². The summed E-state index contributed by atoms with van der Waals surface area (Å²) in [6.45, 7) is 0.0975. The smallest absolute Gasteiger partial charge is 0.356 e. The number of rotatable bonds is 4. The summed E-state index contributed by atoms with van der Waals surface area (Å²) in [6, 6.07) is 1.71. The Kier molecular flexibility index (Phi) is 4.19. The van der Waals surface area contributed by atoms with E-state index < -0.39 is 5.97 Å². The minimum Gasteiger partial charge on any atom is -0.476 e. The zero-order chi connectivity index (χ0) is 13.8. The van der Waals surface area contributed by atoms with E-state index in [9.17, 15) is 9.59 Å². The summed E-state index contributed by atoms with van der Waals surface area (Å²) in [7, 11) is 1.82. The second kappa shape index (κ2) is 5.86. The van der Waals surface area contributed by atoms with Gasteiger partial charge in [-0.15, -0.1) is 0 Å². The fourth-order valence-electron chi connectivity index (χ4n) is 2.49. The fraction of sp³-hybridized carbons (Fsp3) is 0.615. The number of nitrogens with zero attached hydrogens (tertiary/aromatic N) is 3. The Morgan fingerprint density at radius 2 is 2.11 bits per heavy atom. The number of carboxylic acid groups (broad SMARTS) is 1. The zero-order valence-corrected chi connectivity index (χ0v) is 11.1. The average molecular weight is 265 g/mol. The topological polar surface area (TPSA) is 75.4 Å². The van der Waals surface area contributed by atoms with Crippen molar-refractivity contribution in [3.63, 3.8) is 0 Å². The lowest BCUT2D eigenvalue weighted by Crippen LogP contribution is -2.40. The molecule has 1 saturated carbocycles. The first-order valence-electron chi connectivity index (χ1n) is 6.60. The van der Waals surface area contributed by atoms with Crippen LogP contribution in [-0.4, -0.2) is 44.8 Å². The SMILES string of the molecule is CN(C(=O)Cn1ccc(C(=O)O)n1)C1CCCCC1. The number of hydrogen-bond acceptors (Lipinski definition) is 3. The number of amides is 1. The Balaban J connectivity index is 1.93. The highest BCUT2D eigenvalue weighted by molar-refractivity contribution is 5.85. The molecule has 0 radical (unpaired) electrons. The molecule has 0 spiro atoms. The van der Waals surface area contributed by atoms with Crippen LogP contribution < -0.4 is 0 Å². The summed E-state index contributed by atoms with van der Waals surface area (Å²) in [4.78, 5) is 24.6. The van der Waals surface area contributed by atoms with Crippen molar-refractivity contribution in [2.24, 2.45) is 0 Å². The Labute approximate surface area is 112 Å². The maximum atomic E-state index is 12.1. The standard InChI is InChI=1S/C13H19N3O3/c1-15(10-5-3-2-4-6-10)12(17)9-16-8-7-11(14-16)13(18)19/h7-8,10H,2-6,9H2,1H3,(H,18,19). The van der Waals surface area contributed by atoms with Gasteiger partial charge in [0.15, 0.2) is 5.69 Å². The molecule has 1 aliphatic rings. The number of aromatic nitrogens is 2. The monoisotopic (exact) mass is 265 g/mol. The molecular weight excluding hydrogens is 246 g/mol. The van der Waals surface area contributed by atoms with Gasteiger partial charge in [0.25, 0.3) is 0 Å². The number of carbonyl (C=O) groups excluding carboxylic acids is 1. The molecule has 1 aromatic rings. The van der Waals surface area contributed by atoms with E-state index in [-0.39, 0.29) is 18.1 Å². The lowest BCUT2D eigenvalue weighted by Gasteiger charge is -2.31. The summed E-state index contributed by atoms with van der Waals surface area (Å²) in [6.07, 6.45) is 7.24. The van der Waals surface area contributed by atoms with Crippen LogP contribution in [0.1, 0.15) is 42.6 Å². The van der Waals surface area contributed by atoms with Gasteiger partial charge in [0.05, 0.1) is 0 Å². The first-order valence-corrected chi connectivity index (χ1v) is 6.60. The molecule has 19 heavy (non-hydrogen) atoms. The van der Waals surface area contributed by atoms with Crippen molar-refractivity contribution in [1.82, 2.24) is 14.7 Å². The summed E-state index contributed by atoms with van der Waals surface area (Å²) >= 11 is 0. The number of carbonyl (C=O) groups is 2. The van der Waals surface area contributed by atoms with E-state index in [2.05, 4.69) is 5.10 Å². The molecule has 1 heterocycles. The van der Waals surface area contributed by atoms with Crippen molar-refractivity contribution >= 4 is 11.9 Å². The third-order valence-corrected chi connectivity index (χ3v) is 3.67. The quantitative estimate of drug-likeness (QED) is 0.892. The molecule has 0 saturated heterocycles. The summed E-state index contributed by atoms with van der Waals surface area (Å²) in [5, 5.41) is 12.6. The van der Waals surface area contributed by atoms with E-state index >= 15 is 0 Å². The van der Waals surface area contributed by atoms with Crippen LogP contribution in [0.25, 0.3) is 0 Å². The third kappa shape index (κ3) is 3.33. The van der Waals surface area contributed by atoms with Gasteiger partial charge in [0, 0.05) is 19.3 Å². The number of likely N-dealkylation sites (N-methyl/N-ethyl adjacent to an activating group) is 1. The molecule has 1 amide bonds. The molecule has 6 nitrogen and oxygen atoms in total. The van der Waals surface area contributed by atoms with Gasteiger partial charge in [-0.1, -0.05) is 19.3 Å².